The van der Waals surface area contributed by atoms with Crippen molar-refractivity contribution in [1.29, 1.82) is 0 Å². The van der Waals surface area contributed by atoms with Crippen LogP contribution in [-0.2, 0) is 0 Å². The summed E-state index contributed by atoms with van der Waals surface area (Å²) in [6.07, 6.45) is 8.27. The zero-order valence-corrected chi connectivity index (χ0v) is 12.0. The van der Waals surface area contributed by atoms with Gasteiger partial charge in [-0.2, -0.15) is 0 Å². The molecule has 0 aromatic rings. The third-order valence-electron chi connectivity index (χ3n) is 4.12. The fraction of sp³-hybridized carbons (Fsp3) is 1.00. The van der Waals surface area contributed by atoms with Gasteiger partial charge in [-0.25, -0.2) is 0 Å². The molecule has 1 fully saturated rings. The van der Waals surface area contributed by atoms with E-state index in [1.54, 1.807) is 0 Å². The lowest BCUT2D eigenvalue weighted by Crippen LogP contribution is -2.44. The minimum atomic E-state index is 0.609. The van der Waals surface area contributed by atoms with Crippen LogP contribution in [0.25, 0.3) is 0 Å². The van der Waals surface area contributed by atoms with Crippen LogP contribution in [0.1, 0.15) is 38.5 Å². The molecule has 2 N–H and O–H groups in total. The Bertz CT molecular complexity index is 188. The minimum absolute atomic E-state index is 0.609. The Kier molecular flexibility index (Phi) is 7.09. The molecule has 0 aliphatic heterocycles. The van der Waals surface area contributed by atoms with Gasteiger partial charge in [-0.3, -0.25) is 0 Å². The Hall–Kier alpha value is -0.120. The van der Waals surface area contributed by atoms with Crippen LogP contribution >= 0.6 is 0 Å². The van der Waals surface area contributed by atoms with E-state index in [0.29, 0.717) is 6.04 Å². The molecule has 1 atom stereocenters. The molecule has 17 heavy (non-hydrogen) atoms. The molecule has 0 spiro atoms. The van der Waals surface area contributed by atoms with E-state index in [1.807, 2.05) is 0 Å². The summed E-state index contributed by atoms with van der Waals surface area (Å²) in [4.78, 5) is 4.76. The van der Waals surface area contributed by atoms with Crippen molar-refractivity contribution in [2.45, 2.75) is 44.6 Å². The Morgan fingerprint density at radius 2 is 1.71 bits per heavy atom. The molecule has 0 bridgehead atoms. The van der Waals surface area contributed by atoms with Crippen LogP contribution in [0.3, 0.4) is 0 Å². The van der Waals surface area contributed by atoms with Gasteiger partial charge in [-0.15, -0.1) is 0 Å². The molecule has 1 aliphatic rings. The van der Waals surface area contributed by atoms with Gasteiger partial charge in [-0.1, -0.05) is 19.3 Å². The van der Waals surface area contributed by atoms with E-state index < -0.39 is 0 Å². The third-order valence-corrected chi connectivity index (χ3v) is 4.12. The zero-order chi connectivity index (χ0) is 12.7. The first-order valence-corrected chi connectivity index (χ1v) is 7.20. The van der Waals surface area contributed by atoms with Crippen LogP contribution in [0, 0.1) is 5.92 Å². The third kappa shape index (κ3) is 5.36. The summed E-state index contributed by atoms with van der Waals surface area (Å²) in [7, 11) is 6.53. The Morgan fingerprint density at radius 1 is 1.06 bits per heavy atom. The molecule has 0 saturated heterocycles. The molecule has 102 valence electrons. The first-order chi connectivity index (χ1) is 8.15. The highest BCUT2D eigenvalue weighted by Gasteiger charge is 2.25. The number of likely N-dealkylation sites (N-methyl/N-ethyl adjacent to an activating group) is 1. The Morgan fingerprint density at radius 3 is 2.24 bits per heavy atom. The van der Waals surface area contributed by atoms with Gasteiger partial charge in [0.25, 0.3) is 0 Å². The average molecular weight is 241 g/mol. The van der Waals surface area contributed by atoms with E-state index in [0.717, 1.165) is 12.5 Å². The van der Waals surface area contributed by atoms with E-state index in [4.69, 9.17) is 5.73 Å². The summed E-state index contributed by atoms with van der Waals surface area (Å²) >= 11 is 0. The van der Waals surface area contributed by atoms with Gasteiger partial charge in [-0.05, 0) is 59.4 Å². The fourth-order valence-electron chi connectivity index (χ4n) is 3.05. The Labute approximate surface area is 107 Å². The molecule has 0 amide bonds. The molecule has 0 aromatic carbocycles. The number of rotatable bonds is 7. The van der Waals surface area contributed by atoms with Crippen LogP contribution < -0.4 is 5.73 Å². The van der Waals surface area contributed by atoms with Crippen molar-refractivity contribution >= 4 is 0 Å². The van der Waals surface area contributed by atoms with Crippen LogP contribution in [0.4, 0.5) is 0 Å². The van der Waals surface area contributed by atoms with Crippen LogP contribution in [-0.4, -0.2) is 56.6 Å². The number of nitrogens with zero attached hydrogens (tertiary/aromatic N) is 2. The van der Waals surface area contributed by atoms with Gasteiger partial charge in [0.05, 0.1) is 0 Å². The maximum Gasteiger partial charge on any atom is 0.0243 e. The summed E-state index contributed by atoms with van der Waals surface area (Å²) < 4.78 is 0. The number of nitrogens with two attached hydrogens (primary N) is 1. The Balaban J connectivity index is 2.31. The predicted octanol–water partition coefficient (Wildman–Crippen LogP) is 1.78. The van der Waals surface area contributed by atoms with Crippen LogP contribution in [0.2, 0.25) is 0 Å². The highest BCUT2D eigenvalue weighted by molar-refractivity contribution is 4.81. The standard InChI is InChI=1S/C14H31N3/c1-16(2)10-7-11-17(3)14(12-15)13-8-5-4-6-9-13/h13-14H,4-12,15H2,1-3H3. The second-order valence-corrected chi connectivity index (χ2v) is 5.84. The molecule has 1 unspecified atom stereocenters. The SMILES string of the molecule is CN(C)CCCN(C)C(CN)C1CCCCC1. The summed E-state index contributed by atoms with van der Waals surface area (Å²) in [6, 6.07) is 0.609. The maximum absolute atomic E-state index is 5.98. The molecular formula is C14H31N3. The summed E-state index contributed by atoms with van der Waals surface area (Å²) in [5.74, 6) is 0.845. The zero-order valence-electron chi connectivity index (χ0n) is 12.0. The summed E-state index contributed by atoms with van der Waals surface area (Å²) in [6.45, 7) is 3.17. The molecule has 1 rings (SSSR count). The van der Waals surface area contributed by atoms with E-state index in [2.05, 4.69) is 30.9 Å². The lowest BCUT2D eigenvalue weighted by Gasteiger charge is -2.36. The highest BCUT2D eigenvalue weighted by Crippen LogP contribution is 2.28. The smallest absolute Gasteiger partial charge is 0.0243 e. The minimum Gasteiger partial charge on any atom is -0.329 e. The topological polar surface area (TPSA) is 32.5 Å². The van der Waals surface area contributed by atoms with Gasteiger partial charge in [0.1, 0.15) is 0 Å². The van der Waals surface area contributed by atoms with E-state index in [1.165, 1.54) is 51.6 Å². The van der Waals surface area contributed by atoms with Gasteiger partial charge in [0, 0.05) is 12.6 Å². The van der Waals surface area contributed by atoms with Crippen molar-refractivity contribution in [3.8, 4) is 0 Å². The van der Waals surface area contributed by atoms with Crippen molar-refractivity contribution in [3.63, 3.8) is 0 Å². The second-order valence-electron chi connectivity index (χ2n) is 5.84. The van der Waals surface area contributed by atoms with Gasteiger partial charge in [0.2, 0.25) is 0 Å². The van der Waals surface area contributed by atoms with Crippen LogP contribution in [0.5, 0.6) is 0 Å². The molecule has 3 heteroatoms. The molecule has 1 saturated carbocycles. The quantitative estimate of drug-likeness (QED) is 0.737. The van der Waals surface area contributed by atoms with E-state index >= 15 is 0 Å². The molecule has 0 radical (unpaired) electrons. The molecule has 0 heterocycles. The lowest BCUT2D eigenvalue weighted by molar-refractivity contribution is 0.144. The monoisotopic (exact) mass is 241 g/mol. The van der Waals surface area contributed by atoms with Crippen molar-refractivity contribution < 1.29 is 0 Å². The summed E-state index contributed by atoms with van der Waals surface area (Å²) in [5.41, 5.74) is 5.98. The molecule has 1 aliphatic carbocycles. The molecular weight excluding hydrogens is 210 g/mol. The van der Waals surface area contributed by atoms with Crippen molar-refractivity contribution in [1.82, 2.24) is 9.80 Å². The van der Waals surface area contributed by atoms with E-state index in [-0.39, 0.29) is 0 Å². The van der Waals surface area contributed by atoms with E-state index in [9.17, 15) is 0 Å². The maximum atomic E-state index is 5.98. The number of hydrogen-bond donors (Lipinski definition) is 1. The molecule has 3 nitrogen and oxygen atoms in total. The number of hydrogen-bond acceptors (Lipinski definition) is 3. The summed E-state index contributed by atoms with van der Waals surface area (Å²) in [5, 5.41) is 0. The van der Waals surface area contributed by atoms with Gasteiger partial charge in [0.15, 0.2) is 0 Å². The van der Waals surface area contributed by atoms with Crippen molar-refractivity contribution in [2.24, 2.45) is 11.7 Å². The van der Waals surface area contributed by atoms with Crippen molar-refractivity contribution in [2.75, 3.05) is 40.8 Å². The largest absolute Gasteiger partial charge is 0.329 e. The predicted molar refractivity (Wildman–Crippen MR) is 75.2 cm³/mol. The molecule has 0 aromatic heterocycles. The van der Waals surface area contributed by atoms with Gasteiger partial charge < -0.3 is 15.5 Å². The normalized spacial score (nSPS) is 20.1. The first kappa shape index (κ1) is 14.9. The second kappa shape index (κ2) is 8.06. The van der Waals surface area contributed by atoms with Crippen molar-refractivity contribution in [3.05, 3.63) is 0 Å². The van der Waals surface area contributed by atoms with Gasteiger partial charge >= 0.3 is 0 Å². The van der Waals surface area contributed by atoms with Crippen LogP contribution in [0.15, 0.2) is 0 Å². The highest BCUT2D eigenvalue weighted by atomic mass is 15.1. The fourth-order valence-corrected chi connectivity index (χ4v) is 3.05. The first-order valence-electron chi connectivity index (χ1n) is 7.20. The average Bonchev–Trinajstić information content (AvgIpc) is 2.31. The lowest BCUT2D eigenvalue weighted by atomic mass is 9.83.